The topological polar surface area (TPSA) is 188 Å². The standard InChI is InChI=1S/C52H83NO13/c1-31-17-13-12-14-18-32(2)42(61-8)29-39-22-20-37(7)52(60,66-39)49(57)50(58)53-24-16-15-19-40(53)51(59)65-44(34(4)27-38-21-23-41(54)45(28-38)63-10)30-43(62-9)33(3)26-36(6)47(56)48(64-11)46(55)35(5)25-31/h12-14,17-18,26,31,33-35,37-45,47-48,54,56,60H,15-16,19-25,27-30H2,1-11H3/b14-12?,17-13+,32-18?,36-26+/t31-,33-,34-,35-,37-,38+,39+,40+,41-,42+,43-,44+,45-,47-,48+,52-/m1/s1. The minimum atomic E-state index is -2.40. The van der Waals surface area contributed by atoms with E-state index >= 15 is 0 Å². The van der Waals surface area contributed by atoms with Crippen molar-refractivity contribution < 1.29 is 62.9 Å². The second-order valence-electron chi connectivity index (χ2n) is 20.0. The van der Waals surface area contributed by atoms with Crippen molar-refractivity contribution in [2.24, 2.45) is 35.5 Å². The maximum absolute atomic E-state index is 14.5. The first kappa shape index (κ1) is 55.5. The van der Waals surface area contributed by atoms with Gasteiger partial charge >= 0.3 is 5.97 Å². The molecule has 3 fully saturated rings. The van der Waals surface area contributed by atoms with E-state index in [9.17, 15) is 34.5 Å². The lowest BCUT2D eigenvalue weighted by molar-refractivity contribution is -0.265. The van der Waals surface area contributed by atoms with Gasteiger partial charge in [-0.2, -0.15) is 0 Å². The zero-order chi connectivity index (χ0) is 48.9. The van der Waals surface area contributed by atoms with Crippen molar-refractivity contribution in [1.82, 2.24) is 4.90 Å². The zero-order valence-corrected chi connectivity index (χ0v) is 41.7. The molecule has 4 rings (SSSR count). The molecule has 1 aliphatic carbocycles. The SMILES string of the molecule is CO[C@H]1C[C@@H]2CC[C@@H](C)[C@@](O)(O2)C(=O)C(=O)N2CCCC[C@H]2C(=O)O[C@H]([C@H](C)C[C@@H]2CC[C@@H](O)[C@H](OC)C2)C[C@@H](OC)[C@H](C)/C=C(\C)[C@@H](O)[C@@H](OC)C(=O)[C@H](C)C[C@H](C)/C=C/C=CC=C1C. The number of carbonyl (C=O) groups is 4. The van der Waals surface area contributed by atoms with Gasteiger partial charge in [0.05, 0.1) is 30.5 Å². The van der Waals surface area contributed by atoms with Crippen LogP contribution in [0.25, 0.3) is 0 Å². The summed E-state index contributed by atoms with van der Waals surface area (Å²) in [5.74, 6) is -6.69. The number of rotatable bonds is 7. The number of cyclic esters (lactones) is 1. The lowest BCUT2D eigenvalue weighted by atomic mass is 9.78. The first-order valence-electron chi connectivity index (χ1n) is 24.5. The molecule has 16 atom stereocenters. The number of amides is 1. The molecule has 0 radical (unpaired) electrons. The van der Waals surface area contributed by atoms with Crippen LogP contribution in [0.2, 0.25) is 0 Å². The van der Waals surface area contributed by atoms with Crippen LogP contribution in [0.4, 0.5) is 0 Å². The monoisotopic (exact) mass is 930 g/mol. The number of methoxy groups -OCH3 is 4. The Morgan fingerprint density at radius 1 is 0.803 bits per heavy atom. The summed E-state index contributed by atoms with van der Waals surface area (Å²) in [6.07, 6.45) is 12.5. The molecular formula is C52H83NO13. The number of hydrogen-bond donors (Lipinski definition) is 3. The van der Waals surface area contributed by atoms with Gasteiger partial charge < -0.3 is 48.6 Å². The van der Waals surface area contributed by atoms with Gasteiger partial charge in [0.25, 0.3) is 11.7 Å². The molecule has 374 valence electrons. The van der Waals surface area contributed by atoms with Crippen LogP contribution in [0, 0.1) is 35.5 Å². The number of nitrogens with zero attached hydrogens (tertiary/aromatic N) is 1. The van der Waals surface area contributed by atoms with Crippen molar-refractivity contribution in [1.29, 1.82) is 0 Å². The van der Waals surface area contributed by atoms with E-state index in [4.69, 9.17) is 28.4 Å². The molecule has 14 nitrogen and oxygen atoms in total. The van der Waals surface area contributed by atoms with Crippen LogP contribution in [0.1, 0.15) is 126 Å². The van der Waals surface area contributed by atoms with Gasteiger partial charge in [-0.1, -0.05) is 71.1 Å². The number of carbonyl (C=O) groups excluding carboxylic acids is 4. The lowest BCUT2D eigenvalue weighted by Crippen LogP contribution is -2.61. The summed E-state index contributed by atoms with van der Waals surface area (Å²) >= 11 is 0. The summed E-state index contributed by atoms with van der Waals surface area (Å²) in [4.78, 5) is 58.1. The molecule has 1 saturated carbocycles. The number of aliphatic hydroxyl groups excluding tert-OH is 2. The molecule has 3 heterocycles. The van der Waals surface area contributed by atoms with Crippen molar-refractivity contribution in [3.63, 3.8) is 0 Å². The Morgan fingerprint density at radius 2 is 1.52 bits per heavy atom. The summed E-state index contributed by atoms with van der Waals surface area (Å²) in [6.45, 7) is 13.4. The second kappa shape index (κ2) is 26.1. The summed E-state index contributed by atoms with van der Waals surface area (Å²) in [7, 11) is 6.20. The Kier molecular flexibility index (Phi) is 21.9. The van der Waals surface area contributed by atoms with Crippen LogP contribution < -0.4 is 0 Å². The van der Waals surface area contributed by atoms with Gasteiger partial charge in [0.1, 0.15) is 24.4 Å². The van der Waals surface area contributed by atoms with E-state index in [2.05, 4.69) is 0 Å². The Labute approximate surface area is 394 Å². The van der Waals surface area contributed by atoms with Gasteiger partial charge in [-0.05, 0) is 107 Å². The van der Waals surface area contributed by atoms with Gasteiger partial charge in [-0.25, -0.2) is 4.79 Å². The Bertz CT molecular complexity index is 1730. The smallest absolute Gasteiger partial charge is 0.329 e. The minimum Gasteiger partial charge on any atom is -0.460 e. The maximum Gasteiger partial charge on any atom is 0.329 e. The van der Waals surface area contributed by atoms with E-state index < -0.39 is 84.1 Å². The number of fused-ring (bicyclic) bond motifs is 3. The average Bonchev–Trinajstić information content (AvgIpc) is 3.30. The van der Waals surface area contributed by atoms with Crippen molar-refractivity contribution in [2.45, 2.75) is 186 Å². The van der Waals surface area contributed by atoms with Crippen LogP contribution in [-0.4, -0.2) is 139 Å². The number of hydrogen-bond acceptors (Lipinski definition) is 13. The normalized spacial score (nSPS) is 39.8. The number of esters is 1. The highest BCUT2D eigenvalue weighted by Crippen LogP contribution is 2.38. The van der Waals surface area contributed by atoms with E-state index in [1.165, 1.54) is 12.0 Å². The minimum absolute atomic E-state index is 0.0469. The molecule has 4 aliphatic rings. The molecule has 14 heteroatoms. The molecular weight excluding hydrogens is 847 g/mol. The molecule has 1 amide bonds. The molecule has 0 aromatic heterocycles. The molecule has 66 heavy (non-hydrogen) atoms. The highest BCUT2D eigenvalue weighted by molar-refractivity contribution is 6.39. The summed E-state index contributed by atoms with van der Waals surface area (Å²) in [6, 6.07) is -1.07. The summed E-state index contributed by atoms with van der Waals surface area (Å²) in [5, 5.41) is 34.1. The Balaban J connectivity index is 1.72. The third kappa shape index (κ3) is 14.5. The lowest BCUT2D eigenvalue weighted by Gasteiger charge is -2.43. The van der Waals surface area contributed by atoms with E-state index in [-0.39, 0.29) is 54.9 Å². The predicted octanol–water partition coefficient (Wildman–Crippen LogP) is 6.63. The molecule has 3 aliphatic heterocycles. The molecule has 3 N–H and O–H groups in total. The fraction of sp³-hybridized carbons (Fsp3) is 0.769. The highest BCUT2D eigenvalue weighted by Gasteiger charge is 2.53. The van der Waals surface area contributed by atoms with Crippen molar-refractivity contribution >= 4 is 23.4 Å². The Morgan fingerprint density at radius 3 is 2.18 bits per heavy atom. The summed E-state index contributed by atoms with van der Waals surface area (Å²) < 4.78 is 35.8. The fourth-order valence-corrected chi connectivity index (χ4v) is 10.6. The van der Waals surface area contributed by atoms with Gasteiger partial charge in [0, 0.05) is 65.6 Å². The number of Topliss-reactive ketones (excluding diaryl/α,β-unsaturated/α-hetero) is 2. The number of aliphatic hydroxyl groups is 3. The fourth-order valence-electron chi connectivity index (χ4n) is 10.6. The van der Waals surface area contributed by atoms with E-state index in [1.807, 2.05) is 71.1 Å². The Hall–Kier alpha value is -3.08. The number of ketones is 2. The first-order chi connectivity index (χ1) is 31.3. The van der Waals surface area contributed by atoms with E-state index in [0.717, 1.165) is 12.0 Å². The molecule has 2 saturated heterocycles. The molecule has 0 aromatic rings. The van der Waals surface area contributed by atoms with Crippen LogP contribution in [0.15, 0.2) is 47.6 Å². The second-order valence-corrected chi connectivity index (χ2v) is 20.0. The predicted molar refractivity (Wildman–Crippen MR) is 251 cm³/mol. The quantitative estimate of drug-likeness (QED) is 0.141. The number of allylic oxidation sites excluding steroid dienone is 5. The maximum atomic E-state index is 14.5. The largest absolute Gasteiger partial charge is 0.460 e. The molecule has 2 bridgehead atoms. The average molecular weight is 930 g/mol. The van der Waals surface area contributed by atoms with Crippen LogP contribution in [0.3, 0.4) is 0 Å². The third-order valence-corrected chi connectivity index (χ3v) is 14.9. The summed E-state index contributed by atoms with van der Waals surface area (Å²) in [5.41, 5.74) is 1.43. The van der Waals surface area contributed by atoms with Crippen molar-refractivity contribution in [3.05, 3.63) is 47.6 Å². The van der Waals surface area contributed by atoms with Gasteiger partial charge in [-0.3, -0.25) is 14.4 Å². The molecule has 0 aromatic carbocycles. The van der Waals surface area contributed by atoms with Crippen LogP contribution >= 0.6 is 0 Å². The zero-order valence-electron chi connectivity index (χ0n) is 41.7. The number of ether oxygens (including phenoxy) is 6. The highest BCUT2D eigenvalue weighted by atomic mass is 16.6. The van der Waals surface area contributed by atoms with E-state index in [0.29, 0.717) is 63.4 Å². The van der Waals surface area contributed by atoms with Crippen LogP contribution in [0.5, 0.6) is 0 Å². The number of piperidine rings is 1. The van der Waals surface area contributed by atoms with E-state index in [1.54, 1.807) is 35.2 Å². The first-order valence-corrected chi connectivity index (χ1v) is 24.5. The van der Waals surface area contributed by atoms with Gasteiger partial charge in [0.15, 0.2) is 5.78 Å². The molecule has 0 spiro atoms. The van der Waals surface area contributed by atoms with Crippen LogP contribution in [-0.2, 0) is 47.6 Å². The molecule has 0 unspecified atom stereocenters. The van der Waals surface area contributed by atoms with Crippen molar-refractivity contribution in [3.8, 4) is 0 Å². The van der Waals surface area contributed by atoms with Crippen molar-refractivity contribution in [2.75, 3.05) is 35.0 Å². The van der Waals surface area contributed by atoms with Gasteiger partial charge in [-0.15, -0.1) is 0 Å². The third-order valence-electron chi connectivity index (χ3n) is 14.9. The van der Waals surface area contributed by atoms with Gasteiger partial charge in [0.2, 0.25) is 5.79 Å².